The Morgan fingerprint density at radius 3 is 2.38 bits per heavy atom. The number of thioether (sulfide) groups is 1. The van der Waals surface area contributed by atoms with Crippen molar-refractivity contribution in [3.05, 3.63) is 12.2 Å². The minimum Gasteiger partial charge on any atom is -0.214 e. The molecule has 0 rings (SSSR count). The van der Waals surface area contributed by atoms with Gasteiger partial charge in [-0.1, -0.05) is 24.6 Å². The third-order valence-electron chi connectivity index (χ3n) is 1.12. The fraction of sp³-hybridized carbons (Fsp3) is 0.714. The van der Waals surface area contributed by atoms with Crippen molar-refractivity contribution in [2.24, 2.45) is 0 Å². The van der Waals surface area contributed by atoms with E-state index in [1.165, 1.54) is 17.8 Å². The van der Waals surface area contributed by atoms with Crippen molar-refractivity contribution in [3.8, 4) is 0 Å². The lowest BCUT2D eigenvalue weighted by Gasteiger charge is -2.18. The molecule has 78 valence electrons. The van der Waals surface area contributed by atoms with E-state index in [-0.39, 0.29) is 0 Å². The fourth-order valence-corrected chi connectivity index (χ4v) is 1.17. The highest BCUT2D eigenvalue weighted by Crippen LogP contribution is 2.42. The third-order valence-corrected chi connectivity index (χ3v) is 3.13. The Morgan fingerprint density at radius 2 is 2.00 bits per heavy atom. The van der Waals surface area contributed by atoms with E-state index in [0.29, 0.717) is 11.8 Å². The topological polar surface area (TPSA) is 0 Å². The van der Waals surface area contributed by atoms with Gasteiger partial charge in [0.1, 0.15) is 0 Å². The molecule has 0 N–H and O–H groups in total. The standard InChI is InChI=1S/C7H9BrClF3S/c1-2-13-5-3-4-6(9,10)7(8,11)12/h3-4H,2,5H2,1H3/b4-3+. The summed E-state index contributed by atoms with van der Waals surface area (Å²) in [5.74, 6) is 1.31. The van der Waals surface area contributed by atoms with Gasteiger partial charge in [-0.2, -0.15) is 20.5 Å². The zero-order valence-corrected chi connectivity index (χ0v) is 10.0. The van der Waals surface area contributed by atoms with Gasteiger partial charge in [0.25, 0.3) is 5.13 Å². The van der Waals surface area contributed by atoms with Crippen LogP contribution in [0.25, 0.3) is 0 Å². The van der Waals surface area contributed by atoms with Crippen molar-refractivity contribution in [1.29, 1.82) is 0 Å². The number of rotatable bonds is 5. The van der Waals surface area contributed by atoms with Gasteiger partial charge in [-0.3, -0.25) is 0 Å². The van der Waals surface area contributed by atoms with Crippen molar-refractivity contribution in [1.82, 2.24) is 0 Å². The van der Waals surface area contributed by atoms with Crippen LogP contribution < -0.4 is 0 Å². The smallest absolute Gasteiger partial charge is 0.214 e. The van der Waals surface area contributed by atoms with Crippen molar-refractivity contribution >= 4 is 39.3 Å². The molecule has 0 saturated heterocycles. The van der Waals surface area contributed by atoms with Gasteiger partial charge in [0.2, 0.25) is 0 Å². The summed E-state index contributed by atoms with van der Waals surface area (Å²) in [5.41, 5.74) is 0. The molecule has 13 heavy (non-hydrogen) atoms. The summed E-state index contributed by atoms with van der Waals surface area (Å²) in [6, 6.07) is 0. The van der Waals surface area contributed by atoms with Crippen LogP contribution in [-0.4, -0.2) is 21.5 Å². The lowest BCUT2D eigenvalue weighted by atomic mass is 10.3. The molecule has 0 aromatic rings. The van der Waals surface area contributed by atoms with Gasteiger partial charge in [0.15, 0.2) is 0 Å². The Balaban J connectivity index is 4.09. The molecule has 0 radical (unpaired) electrons. The third kappa shape index (κ3) is 5.18. The average molecular weight is 298 g/mol. The normalized spacial score (nSPS) is 17.7. The van der Waals surface area contributed by atoms with Gasteiger partial charge in [-0.15, -0.1) is 0 Å². The Hall–Kier alpha value is 0.650. The fourth-order valence-electron chi connectivity index (χ4n) is 0.477. The second-order valence-electron chi connectivity index (χ2n) is 2.18. The summed E-state index contributed by atoms with van der Waals surface area (Å²) in [7, 11) is 0. The first-order chi connectivity index (χ1) is 5.81. The first-order valence-electron chi connectivity index (χ1n) is 3.51. The van der Waals surface area contributed by atoms with Crippen molar-refractivity contribution < 1.29 is 13.2 Å². The molecule has 0 aliphatic rings. The van der Waals surface area contributed by atoms with E-state index in [2.05, 4.69) is 0 Å². The zero-order valence-electron chi connectivity index (χ0n) is 6.87. The van der Waals surface area contributed by atoms with Crippen LogP contribution in [0.4, 0.5) is 13.2 Å². The Kier molecular flexibility index (Phi) is 5.79. The first kappa shape index (κ1) is 13.7. The van der Waals surface area contributed by atoms with E-state index in [0.717, 1.165) is 5.75 Å². The highest BCUT2D eigenvalue weighted by molar-refractivity contribution is 9.10. The predicted molar refractivity (Wildman–Crippen MR) is 55.7 cm³/mol. The van der Waals surface area contributed by atoms with Crippen LogP contribution in [0.5, 0.6) is 0 Å². The summed E-state index contributed by atoms with van der Waals surface area (Å²) in [6.45, 7) is 1.92. The number of allylic oxidation sites excluding steroid dienone is 1. The molecule has 0 amide bonds. The molecule has 0 aliphatic carbocycles. The van der Waals surface area contributed by atoms with E-state index in [1.807, 2.05) is 22.9 Å². The number of halogens is 5. The molecule has 0 nitrogen and oxygen atoms in total. The van der Waals surface area contributed by atoms with E-state index < -0.39 is 9.96 Å². The SMILES string of the molecule is CCSC/C=C/C(F)(Cl)C(F)(F)Br. The Morgan fingerprint density at radius 1 is 1.46 bits per heavy atom. The molecule has 0 saturated carbocycles. The van der Waals surface area contributed by atoms with Gasteiger partial charge in [0, 0.05) is 5.75 Å². The van der Waals surface area contributed by atoms with Crippen LogP contribution in [0.2, 0.25) is 0 Å². The maximum atomic E-state index is 12.9. The van der Waals surface area contributed by atoms with Crippen LogP contribution in [0, 0.1) is 0 Å². The van der Waals surface area contributed by atoms with Gasteiger partial charge < -0.3 is 0 Å². The van der Waals surface area contributed by atoms with Crippen LogP contribution >= 0.6 is 39.3 Å². The van der Waals surface area contributed by atoms with Gasteiger partial charge in [-0.05, 0) is 27.8 Å². The zero-order chi connectivity index (χ0) is 10.5. The van der Waals surface area contributed by atoms with Crippen LogP contribution in [0.3, 0.4) is 0 Å². The van der Waals surface area contributed by atoms with Gasteiger partial charge in [0.05, 0.1) is 0 Å². The number of alkyl halides is 5. The predicted octanol–water partition coefficient (Wildman–Crippen LogP) is 4.19. The second-order valence-corrected chi connectivity index (χ2v) is 5.05. The van der Waals surface area contributed by atoms with Gasteiger partial charge in [-0.25, -0.2) is 4.39 Å². The molecule has 0 aliphatic heterocycles. The monoisotopic (exact) mass is 296 g/mol. The largest absolute Gasteiger partial charge is 0.352 e. The molecular weight excluding hydrogens is 288 g/mol. The molecule has 1 unspecified atom stereocenters. The quantitative estimate of drug-likeness (QED) is 0.416. The maximum Gasteiger partial charge on any atom is 0.352 e. The number of hydrogen-bond acceptors (Lipinski definition) is 1. The van der Waals surface area contributed by atoms with E-state index in [4.69, 9.17) is 11.6 Å². The van der Waals surface area contributed by atoms with Crippen molar-refractivity contribution in [2.45, 2.75) is 16.9 Å². The number of hydrogen-bond donors (Lipinski definition) is 0. The highest BCUT2D eigenvalue weighted by Gasteiger charge is 2.49. The molecule has 0 fully saturated rings. The summed E-state index contributed by atoms with van der Waals surface area (Å²) >= 11 is 8.29. The molecule has 0 aromatic carbocycles. The molecule has 6 heteroatoms. The maximum absolute atomic E-state index is 12.9. The van der Waals surface area contributed by atoms with Crippen LogP contribution in [0.15, 0.2) is 12.2 Å². The summed E-state index contributed by atoms with van der Waals surface area (Å²) in [6.07, 6.45) is 1.95. The molecule has 0 heterocycles. The van der Waals surface area contributed by atoms with E-state index >= 15 is 0 Å². The highest BCUT2D eigenvalue weighted by atomic mass is 79.9. The summed E-state index contributed by atoms with van der Waals surface area (Å²) in [4.78, 5) is -3.74. The van der Waals surface area contributed by atoms with Crippen LogP contribution in [-0.2, 0) is 0 Å². The first-order valence-corrected chi connectivity index (χ1v) is 5.84. The average Bonchev–Trinajstić information content (AvgIpc) is 1.96. The Bertz CT molecular complexity index is 179. The second kappa shape index (κ2) is 5.51. The molecule has 0 aromatic heterocycles. The lowest BCUT2D eigenvalue weighted by Crippen LogP contribution is -2.31. The van der Waals surface area contributed by atoms with Gasteiger partial charge >= 0.3 is 4.83 Å². The summed E-state index contributed by atoms with van der Waals surface area (Å²) in [5, 5.41) is -3.15. The minimum absolute atomic E-state index is 0.470. The summed E-state index contributed by atoms with van der Waals surface area (Å²) < 4.78 is 37.6. The van der Waals surface area contributed by atoms with Crippen molar-refractivity contribution in [2.75, 3.05) is 11.5 Å². The molecule has 1 atom stereocenters. The van der Waals surface area contributed by atoms with Crippen LogP contribution in [0.1, 0.15) is 6.92 Å². The van der Waals surface area contributed by atoms with Crippen molar-refractivity contribution in [3.63, 3.8) is 0 Å². The lowest BCUT2D eigenvalue weighted by molar-refractivity contribution is 0.0218. The Labute approximate surface area is 93.0 Å². The molecule has 0 spiro atoms. The van der Waals surface area contributed by atoms with E-state index in [1.54, 1.807) is 0 Å². The molecular formula is C7H9BrClF3S. The van der Waals surface area contributed by atoms with E-state index in [9.17, 15) is 13.2 Å². The molecule has 0 bridgehead atoms. The minimum atomic E-state index is -3.74.